The van der Waals surface area contributed by atoms with Gasteiger partial charge in [0.25, 0.3) is 0 Å². The van der Waals surface area contributed by atoms with Crippen LogP contribution >= 0.6 is 0 Å². The number of pyridine rings is 1. The van der Waals surface area contributed by atoms with Crippen LogP contribution in [0.25, 0.3) is 0 Å². The Hall–Kier alpha value is -2.97. The fraction of sp³-hybridized carbons (Fsp3) is 0.440. The number of methoxy groups -OCH3 is 1. The van der Waals surface area contributed by atoms with E-state index >= 15 is 0 Å². The zero-order valence-electron chi connectivity index (χ0n) is 20.3. The number of likely N-dealkylation sites (N-methyl/N-ethyl adjacent to an activating group) is 1. The van der Waals surface area contributed by atoms with E-state index in [0.29, 0.717) is 5.56 Å². The zero-order chi connectivity index (χ0) is 25.6. The van der Waals surface area contributed by atoms with Crippen molar-refractivity contribution in [2.24, 2.45) is 5.92 Å². The Kier molecular flexibility index (Phi) is 8.86. The van der Waals surface area contributed by atoms with E-state index in [1.165, 1.54) is 22.4 Å². The first-order valence-electron chi connectivity index (χ1n) is 11.3. The van der Waals surface area contributed by atoms with E-state index in [9.17, 15) is 18.3 Å². The molecule has 1 aromatic heterocycles. The van der Waals surface area contributed by atoms with E-state index in [4.69, 9.17) is 9.47 Å². The summed E-state index contributed by atoms with van der Waals surface area (Å²) >= 11 is 0. The average Bonchev–Trinajstić information content (AvgIpc) is 2.85. The van der Waals surface area contributed by atoms with E-state index in [-0.39, 0.29) is 48.8 Å². The van der Waals surface area contributed by atoms with Crippen molar-refractivity contribution >= 4 is 15.9 Å². The fourth-order valence-corrected chi connectivity index (χ4v) is 5.53. The first-order chi connectivity index (χ1) is 16.7. The van der Waals surface area contributed by atoms with Crippen LogP contribution in [0.3, 0.4) is 0 Å². The minimum Gasteiger partial charge on any atom is -0.487 e. The molecule has 9 nitrogen and oxygen atoms in total. The van der Waals surface area contributed by atoms with E-state index in [1.54, 1.807) is 44.6 Å². The van der Waals surface area contributed by atoms with Gasteiger partial charge in [0.1, 0.15) is 23.4 Å². The van der Waals surface area contributed by atoms with Gasteiger partial charge in [-0.15, -0.1) is 0 Å². The van der Waals surface area contributed by atoms with Crippen molar-refractivity contribution in [3.05, 3.63) is 53.9 Å². The van der Waals surface area contributed by atoms with Crippen LogP contribution in [0.4, 0.5) is 0 Å². The number of sulfonamides is 1. The Morgan fingerprint density at radius 1 is 1.34 bits per heavy atom. The Bertz CT molecular complexity index is 1190. The smallest absolute Gasteiger partial charge is 0.248 e. The second kappa shape index (κ2) is 11.6. The lowest BCUT2D eigenvalue weighted by Crippen LogP contribution is -2.50. The molecule has 10 heteroatoms. The number of carbonyl (C=O) groups is 1. The average molecular weight is 502 g/mol. The number of aromatic nitrogens is 1. The summed E-state index contributed by atoms with van der Waals surface area (Å²) in [6, 6.07) is 7.67. The van der Waals surface area contributed by atoms with Gasteiger partial charge < -0.3 is 19.5 Å². The second-order valence-corrected chi connectivity index (χ2v) is 10.5. The van der Waals surface area contributed by atoms with Gasteiger partial charge in [0.15, 0.2) is 0 Å². The van der Waals surface area contributed by atoms with Crippen LogP contribution in [-0.4, -0.2) is 86.2 Å². The number of benzene rings is 1. The number of hydrogen-bond donors (Lipinski definition) is 1. The number of aliphatic hydroxyl groups is 1. The Morgan fingerprint density at radius 2 is 2.09 bits per heavy atom. The number of fused-ring (bicyclic) bond motifs is 1. The van der Waals surface area contributed by atoms with E-state index in [1.807, 2.05) is 13.0 Å². The van der Waals surface area contributed by atoms with Crippen molar-refractivity contribution in [1.82, 2.24) is 14.2 Å². The molecule has 35 heavy (non-hydrogen) atoms. The summed E-state index contributed by atoms with van der Waals surface area (Å²) in [6.45, 7) is 3.49. The molecule has 0 saturated heterocycles. The van der Waals surface area contributed by atoms with Crippen LogP contribution in [0.5, 0.6) is 5.75 Å². The van der Waals surface area contributed by atoms with E-state index in [2.05, 4.69) is 16.8 Å². The largest absolute Gasteiger partial charge is 0.487 e. The fourth-order valence-electron chi connectivity index (χ4n) is 3.71. The predicted octanol–water partition coefficient (Wildman–Crippen LogP) is 1.35. The minimum absolute atomic E-state index is 0.00695. The molecule has 0 saturated carbocycles. The van der Waals surface area contributed by atoms with E-state index in [0.717, 1.165) is 5.56 Å². The van der Waals surface area contributed by atoms with Gasteiger partial charge in [-0.2, -0.15) is 4.31 Å². The van der Waals surface area contributed by atoms with Gasteiger partial charge in [-0.25, -0.2) is 8.42 Å². The molecule has 0 spiro atoms. The number of hydrogen-bond acceptors (Lipinski definition) is 7. The molecule has 3 atom stereocenters. The van der Waals surface area contributed by atoms with Gasteiger partial charge in [-0.3, -0.25) is 9.78 Å². The first-order valence-corrected chi connectivity index (χ1v) is 12.7. The number of amides is 1. The molecular formula is C25H31N3O6S. The van der Waals surface area contributed by atoms with Crippen LogP contribution in [-0.2, 0) is 19.6 Å². The Labute approximate surface area is 206 Å². The lowest BCUT2D eigenvalue weighted by Gasteiger charge is -2.37. The quantitative estimate of drug-likeness (QED) is 0.595. The normalized spacial score (nSPS) is 20.3. The second-order valence-electron chi connectivity index (χ2n) is 8.60. The van der Waals surface area contributed by atoms with Crippen molar-refractivity contribution in [2.45, 2.75) is 30.9 Å². The van der Waals surface area contributed by atoms with Crippen molar-refractivity contribution < 1.29 is 27.8 Å². The molecule has 3 rings (SSSR count). The Balaban J connectivity index is 2.04. The maximum atomic E-state index is 13.5. The number of rotatable bonds is 6. The van der Waals surface area contributed by atoms with Crippen molar-refractivity contribution in [1.29, 1.82) is 0 Å². The lowest BCUT2D eigenvalue weighted by atomic mass is 10.0. The molecular weight excluding hydrogens is 470 g/mol. The summed E-state index contributed by atoms with van der Waals surface area (Å²) in [6.07, 6.45) is 2.79. The van der Waals surface area contributed by atoms with Gasteiger partial charge in [0, 0.05) is 56.2 Å². The summed E-state index contributed by atoms with van der Waals surface area (Å²) in [5.74, 6) is 5.69. The van der Waals surface area contributed by atoms with Gasteiger partial charge in [-0.1, -0.05) is 18.8 Å². The third-order valence-corrected chi connectivity index (χ3v) is 7.85. The van der Waals surface area contributed by atoms with Crippen molar-refractivity contribution in [2.75, 3.05) is 40.5 Å². The van der Waals surface area contributed by atoms with Gasteiger partial charge >= 0.3 is 0 Å². The van der Waals surface area contributed by atoms with Crippen molar-refractivity contribution in [3.63, 3.8) is 0 Å². The standard InChI is InChI=1S/C25H31N3O6S/c1-18-14-28(19(2)16-29)35(31,32)24-10-9-20(7-8-21-6-5-11-26-13-21)12-22(24)34-23(18)15-27(3)25(30)17-33-4/h5-6,9-13,18-19,23,29H,14-17H2,1-4H3/t18-,19-,23-/m1/s1. The number of nitrogens with zero attached hydrogens (tertiary/aromatic N) is 3. The maximum absolute atomic E-state index is 13.5. The summed E-state index contributed by atoms with van der Waals surface area (Å²) < 4.78 is 39.6. The molecule has 2 heterocycles. The molecule has 1 aliphatic rings. The van der Waals surface area contributed by atoms with Crippen LogP contribution in [0.1, 0.15) is 25.0 Å². The SMILES string of the molecule is COCC(=O)N(C)C[C@H]1Oc2cc(C#Cc3cccnc3)ccc2S(=O)(=O)N([C@H](C)CO)C[C@H]1C. The third kappa shape index (κ3) is 6.38. The number of carbonyl (C=O) groups excluding carboxylic acids is 1. The van der Waals surface area contributed by atoms with E-state index < -0.39 is 22.2 Å². The van der Waals surface area contributed by atoms with Gasteiger partial charge in [-0.05, 0) is 37.3 Å². The van der Waals surface area contributed by atoms with Gasteiger partial charge in [0.05, 0.1) is 13.2 Å². The summed E-state index contributed by atoms with van der Waals surface area (Å²) in [4.78, 5) is 17.8. The lowest BCUT2D eigenvalue weighted by molar-refractivity contribution is -0.135. The Morgan fingerprint density at radius 3 is 2.74 bits per heavy atom. The molecule has 0 unspecified atom stereocenters. The van der Waals surface area contributed by atoms with Crippen LogP contribution < -0.4 is 4.74 Å². The van der Waals surface area contributed by atoms with Crippen LogP contribution in [0, 0.1) is 17.8 Å². The van der Waals surface area contributed by atoms with Crippen molar-refractivity contribution in [3.8, 4) is 17.6 Å². The summed E-state index contributed by atoms with van der Waals surface area (Å²) in [5.41, 5.74) is 1.29. The molecule has 1 amide bonds. The number of ether oxygens (including phenoxy) is 2. The number of aliphatic hydroxyl groups excluding tert-OH is 1. The predicted molar refractivity (Wildman–Crippen MR) is 130 cm³/mol. The molecule has 1 aromatic carbocycles. The highest BCUT2D eigenvalue weighted by Crippen LogP contribution is 2.34. The topological polar surface area (TPSA) is 109 Å². The highest BCUT2D eigenvalue weighted by atomic mass is 32.2. The molecule has 1 N–H and O–H groups in total. The first kappa shape index (κ1) is 26.6. The minimum atomic E-state index is -3.96. The molecule has 0 fully saturated rings. The highest BCUT2D eigenvalue weighted by Gasteiger charge is 2.38. The van der Waals surface area contributed by atoms with Gasteiger partial charge in [0.2, 0.25) is 15.9 Å². The molecule has 0 radical (unpaired) electrons. The van der Waals surface area contributed by atoms with Crippen LogP contribution in [0.2, 0.25) is 0 Å². The molecule has 0 bridgehead atoms. The zero-order valence-corrected chi connectivity index (χ0v) is 21.2. The third-order valence-electron chi connectivity index (χ3n) is 5.83. The monoisotopic (exact) mass is 501 g/mol. The highest BCUT2D eigenvalue weighted by molar-refractivity contribution is 7.89. The summed E-state index contributed by atoms with van der Waals surface area (Å²) in [7, 11) is -0.859. The maximum Gasteiger partial charge on any atom is 0.248 e. The molecule has 188 valence electrons. The molecule has 1 aliphatic heterocycles. The van der Waals surface area contributed by atoms with Crippen LogP contribution in [0.15, 0.2) is 47.6 Å². The molecule has 0 aliphatic carbocycles. The summed E-state index contributed by atoms with van der Waals surface area (Å²) in [5, 5.41) is 9.75. The molecule has 2 aromatic rings.